The third-order valence-corrected chi connectivity index (χ3v) is 4.76. The zero-order valence-corrected chi connectivity index (χ0v) is 13.4. The quantitative estimate of drug-likeness (QED) is 0.487. The second-order valence-electron chi connectivity index (χ2n) is 6.81. The van der Waals surface area contributed by atoms with Crippen LogP contribution in [0.3, 0.4) is 0 Å². The zero-order valence-electron chi connectivity index (χ0n) is 13.4. The molecule has 4 nitrogen and oxygen atoms in total. The minimum absolute atomic E-state index is 0.757. The normalized spacial score (nSPS) is 27.0. The second-order valence-corrected chi connectivity index (χ2v) is 6.81. The molecule has 0 spiro atoms. The zero-order chi connectivity index (χ0) is 14.4. The molecule has 2 heterocycles. The molecule has 0 saturated carbocycles. The van der Waals surface area contributed by atoms with Crippen molar-refractivity contribution in [1.29, 1.82) is 0 Å². The summed E-state index contributed by atoms with van der Waals surface area (Å²) in [6.07, 6.45) is 6.44. The van der Waals surface area contributed by atoms with Crippen molar-refractivity contribution >= 4 is 5.96 Å². The molecule has 1 atom stereocenters. The van der Waals surface area contributed by atoms with Crippen LogP contribution in [0.4, 0.5) is 0 Å². The van der Waals surface area contributed by atoms with Crippen molar-refractivity contribution in [1.82, 2.24) is 9.80 Å². The van der Waals surface area contributed by atoms with E-state index in [9.17, 15) is 0 Å². The first-order valence-corrected chi connectivity index (χ1v) is 8.42. The SMILES string of the molecule is CC1CCN(CCCN=C(N)N2CCCC(C)C2)CC1. The van der Waals surface area contributed by atoms with Gasteiger partial charge in [0.05, 0.1) is 0 Å². The van der Waals surface area contributed by atoms with Gasteiger partial charge in [-0.15, -0.1) is 0 Å². The molecule has 2 rings (SSSR count). The van der Waals surface area contributed by atoms with Gasteiger partial charge in [-0.25, -0.2) is 0 Å². The van der Waals surface area contributed by atoms with E-state index in [2.05, 4.69) is 28.6 Å². The fourth-order valence-corrected chi connectivity index (χ4v) is 3.27. The molecule has 1 unspecified atom stereocenters. The second kappa shape index (κ2) is 7.87. The number of aliphatic imine (C=N–C) groups is 1. The molecule has 0 radical (unpaired) electrons. The Kier molecular flexibility index (Phi) is 6.14. The molecule has 0 aromatic rings. The number of guanidine groups is 1. The maximum atomic E-state index is 6.11. The molecule has 0 aromatic heterocycles. The molecule has 2 fully saturated rings. The van der Waals surface area contributed by atoms with Gasteiger partial charge in [-0.05, 0) is 63.6 Å². The monoisotopic (exact) mass is 280 g/mol. The van der Waals surface area contributed by atoms with Crippen LogP contribution in [0, 0.1) is 11.8 Å². The molecule has 2 aliphatic rings. The van der Waals surface area contributed by atoms with E-state index in [4.69, 9.17) is 5.73 Å². The number of likely N-dealkylation sites (tertiary alicyclic amines) is 2. The van der Waals surface area contributed by atoms with Gasteiger partial charge in [0.15, 0.2) is 5.96 Å². The predicted molar refractivity (Wildman–Crippen MR) is 85.9 cm³/mol. The van der Waals surface area contributed by atoms with Crippen molar-refractivity contribution in [2.75, 3.05) is 39.3 Å². The summed E-state index contributed by atoms with van der Waals surface area (Å²) in [4.78, 5) is 9.41. The Labute approximate surface area is 124 Å². The first-order valence-electron chi connectivity index (χ1n) is 8.42. The number of nitrogens with zero attached hydrogens (tertiary/aromatic N) is 3. The number of hydrogen-bond acceptors (Lipinski definition) is 2. The van der Waals surface area contributed by atoms with Crippen LogP contribution in [0.5, 0.6) is 0 Å². The van der Waals surface area contributed by atoms with Crippen LogP contribution in [-0.4, -0.2) is 55.0 Å². The highest BCUT2D eigenvalue weighted by Gasteiger charge is 2.17. The van der Waals surface area contributed by atoms with E-state index in [0.29, 0.717) is 0 Å². The number of hydrogen-bond donors (Lipinski definition) is 1. The van der Waals surface area contributed by atoms with Gasteiger partial charge in [-0.2, -0.15) is 0 Å². The average Bonchev–Trinajstić information content (AvgIpc) is 2.45. The van der Waals surface area contributed by atoms with E-state index in [1.54, 1.807) is 0 Å². The Morgan fingerprint density at radius 3 is 2.55 bits per heavy atom. The smallest absolute Gasteiger partial charge is 0.191 e. The van der Waals surface area contributed by atoms with E-state index < -0.39 is 0 Å². The van der Waals surface area contributed by atoms with Crippen LogP contribution in [0.2, 0.25) is 0 Å². The van der Waals surface area contributed by atoms with E-state index in [-0.39, 0.29) is 0 Å². The van der Waals surface area contributed by atoms with Crippen LogP contribution in [0.15, 0.2) is 4.99 Å². The fourth-order valence-electron chi connectivity index (χ4n) is 3.27. The molecular weight excluding hydrogens is 248 g/mol. The van der Waals surface area contributed by atoms with Crippen molar-refractivity contribution in [3.05, 3.63) is 0 Å². The molecular formula is C16H32N4. The minimum atomic E-state index is 0.757. The highest BCUT2D eigenvalue weighted by Crippen LogP contribution is 2.16. The highest BCUT2D eigenvalue weighted by atomic mass is 15.3. The van der Waals surface area contributed by atoms with Gasteiger partial charge in [0.2, 0.25) is 0 Å². The summed E-state index contributed by atoms with van der Waals surface area (Å²) in [6.45, 7) is 11.4. The predicted octanol–water partition coefficient (Wildman–Crippen LogP) is 2.16. The number of nitrogens with two attached hydrogens (primary N) is 1. The Balaban J connectivity index is 1.62. The summed E-state index contributed by atoms with van der Waals surface area (Å²) >= 11 is 0. The summed E-state index contributed by atoms with van der Waals surface area (Å²) in [6, 6.07) is 0. The molecule has 2 saturated heterocycles. The Morgan fingerprint density at radius 2 is 1.85 bits per heavy atom. The first-order chi connectivity index (χ1) is 9.65. The molecule has 2 N–H and O–H groups in total. The van der Waals surface area contributed by atoms with Gasteiger partial charge >= 0.3 is 0 Å². The lowest BCUT2D eigenvalue weighted by Crippen LogP contribution is -2.43. The lowest BCUT2D eigenvalue weighted by molar-refractivity contribution is 0.191. The summed E-state index contributed by atoms with van der Waals surface area (Å²) < 4.78 is 0. The van der Waals surface area contributed by atoms with Crippen molar-refractivity contribution < 1.29 is 0 Å². The molecule has 0 aliphatic carbocycles. The third-order valence-electron chi connectivity index (χ3n) is 4.76. The van der Waals surface area contributed by atoms with E-state index in [0.717, 1.165) is 43.9 Å². The van der Waals surface area contributed by atoms with Crippen molar-refractivity contribution in [3.63, 3.8) is 0 Å². The molecule has 116 valence electrons. The average molecular weight is 280 g/mol. The van der Waals surface area contributed by atoms with Crippen LogP contribution in [-0.2, 0) is 0 Å². The van der Waals surface area contributed by atoms with Gasteiger partial charge in [-0.1, -0.05) is 13.8 Å². The highest BCUT2D eigenvalue weighted by molar-refractivity contribution is 5.78. The lowest BCUT2D eigenvalue weighted by atomic mass is 9.99. The first kappa shape index (κ1) is 15.6. The Bertz CT molecular complexity index is 308. The van der Waals surface area contributed by atoms with Gasteiger partial charge in [0.25, 0.3) is 0 Å². The van der Waals surface area contributed by atoms with E-state index in [1.807, 2.05) is 0 Å². The molecule has 2 aliphatic heterocycles. The molecule has 0 bridgehead atoms. The lowest BCUT2D eigenvalue weighted by Gasteiger charge is -2.32. The number of rotatable bonds is 4. The topological polar surface area (TPSA) is 44.9 Å². The van der Waals surface area contributed by atoms with Gasteiger partial charge in [-0.3, -0.25) is 4.99 Å². The fraction of sp³-hybridized carbons (Fsp3) is 0.938. The minimum Gasteiger partial charge on any atom is -0.370 e. The number of piperidine rings is 2. The standard InChI is InChI=1S/C16H32N4/c1-14-6-11-19(12-7-14)9-4-8-18-16(17)20-10-3-5-15(2)13-20/h14-15H,3-13H2,1-2H3,(H2,17,18). The maximum absolute atomic E-state index is 6.11. The largest absolute Gasteiger partial charge is 0.370 e. The van der Waals surface area contributed by atoms with Crippen molar-refractivity contribution in [3.8, 4) is 0 Å². The molecule has 0 aromatic carbocycles. The third kappa shape index (κ3) is 4.97. The molecule has 20 heavy (non-hydrogen) atoms. The Hall–Kier alpha value is -0.770. The molecule has 4 heteroatoms. The van der Waals surface area contributed by atoms with Crippen molar-refractivity contribution in [2.45, 2.75) is 46.0 Å². The van der Waals surface area contributed by atoms with Crippen LogP contribution in [0.25, 0.3) is 0 Å². The van der Waals surface area contributed by atoms with Crippen molar-refractivity contribution in [2.24, 2.45) is 22.6 Å². The molecule has 0 amide bonds. The van der Waals surface area contributed by atoms with Gasteiger partial charge < -0.3 is 15.5 Å². The van der Waals surface area contributed by atoms with E-state index >= 15 is 0 Å². The summed E-state index contributed by atoms with van der Waals surface area (Å²) in [7, 11) is 0. The van der Waals surface area contributed by atoms with Crippen LogP contribution < -0.4 is 5.73 Å². The maximum Gasteiger partial charge on any atom is 0.191 e. The summed E-state index contributed by atoms with van der Waals surface area (Å²) in [5, 5.41) is 0. The van der Waals surface area contributed by atoms with Crippen LogP contribution >= 0.6 is 0 Å². The Morgan fingerprint density at radius 1 is 1.10 bits per heavy atom. The summed E-state index contributed by atoms with van der Waals surface area (Å²) in [5.74, 6) is 2.44. The van der Waals surface area contributed by atoms with E-state index in [1.165, 1.54) is 45.3 Å². The summed E-state index contributed by atoms with van der Waals surface area (Å²) in [5.41, 5.74) is 6.11. The van der Waals surface area contributed by atoms with Gasteiger partial charge in [0.1, 0.15) is 0 Å². The van der Waals surface area contributed by atoms with Gasteiger partial charge in [0, 0.05) is 19.6 Å². The van der Waals surface area contributed by atoms with Crippen LogP contribution in [0.1, 0.15) is 46.0 Å².